The first kappa shape index (κ1) is 20.6. The molecule has 31 heavy (non-hydrogen) atoms. The lowest BCUT2D eigenvalue weighted by molar-refractivity contribution is 0.0572. The molecule has 0 spiro atoms. The summed E-state index contributed by atoms with van der Waals surface area (Å²) in [6, 6.07) is 11.2. The van der Waals surface area contributed by atoms with Crippen LogP contribution in [0.25, 0.3) is 17.1 Å². The van der Waals surface area contributed by atoms with Crippen molar-refractivity contribution < 1.29 is 9.90 Å². The van der Waals surface area contributed by atoms with E-state index in [4.69, 9.17) is 0 Å². The van der Waals surface area contributed by atoms with Gasteiger partial charge in [0.25, 0.3) is 5.91 Å². The topological polar surface area (TPSA) is 98.3 Å². The van der Waals surface area contributed by atoms with Crippen LogP contribution in [0, 0.1) is 18.3 Å². The van der Waals surface area contributed by atoms with Gasteiger partial charge in [0, 0.05) is 37.4 Å². The predicted octanol–water partition coefficient (Wildman–Crippen LogP) is 2.60. The summed E-state index contributed by atoms with van der Waals surface area (Å²) >= 11 is 0. The highest BCUT2D eigenvalue weighted by Gasteiger charge is 2.25. The molecular weight excluding hydrogens is 392 g/mol. The molecule has 0 saturated carbocycles. The number of amides is 1. The molecule has 1 aliphatic rings. The SMILES string of the molecule is Cc1cccc(C#N)c1-c1nn(-c2ccc(C(=O)N3CCN(C)[C@H](C)C3)cn2)cc1O. The zero-order chi connectivity index (χ0) is 22.1. The van der Waals surface area contributed by atoms with Crippen molar-refractivity contribution in [1.82, 2.24) is 24.6 Å². The molecule has 1 N–H and O–H groups in total. The van der Waals surface area contributed by atoms with Crippen LogP contribution in [-0.2, 0) is 0 Å². The van der Waals surface area contributed by atoms with Gasteiger partial charge in [-0.1, -0.05) is 12.1 Å². The molecule has 1 aliphatic heterocycles. The summed E-state index contributed by atoms with van der Waals surface area (Å²) < 4.78 is 1.45. The molecule has 158 valence electrons. The van der Waals surface area contributed by atoms with Gasteiger partial charge in [0.1, 0.15) is 5.69 Å². The van der Waals surface area contributed by atoms with Crippen LogP contribution >= 0.6 is 0 Å². The van der Waals surface area contributed by atoms with Crippen molar-refractivity contribution in [2.75, 3.05) is 26.7 Å². The molecule has 8 nitrogen and oxygen atoms in total. The molecule has 1 aromatic carbocycles. The van der Waals surface area contributed by atoms with Crippen LogP contribution in [0.15, 0.2) is 42.7 Å². The lowest BCUT2D eigenvalue weighted by Crippen LogP contribution is -2.52. The minimum atomic E-state index is -0.0424. The first-order chi connectivity index (χ1) is 14.9. The van der Waals surface area contributed by atoms with Crippen LogP contribution in [0.3, 0.4) is 0 Å². The van der Waals surface area contributed by atoms with Crippen molar-refractivity contribution in [2.24, 2.45) is 0 Å². The first-order valence-corrected chi connectivity index (χ1v) is 10.1. The molecule has 1 saturated heterocycles. The smallest absolute Gasteiger partial charge is 0.255 e. The van der Waals surface area contributed by atoms with E-state index in [1.54, 1.807) is 24.3 Å². The second kappa shape index (κ2) is 8.20. The molecule has 0 aliphatic carbocycles. The van der Waals surface area contributed by atoms with Gasteiger partial charge in [0.2, 0.25) is 0 Å². The van der Waals surface area contributed by atoms with Crippen LogP contribution < -0.4 is 0 Å². The Morgan fingerprint density at radius 3 is 2.74 bits per heavy atom. The first-order valence-electron chi connectivity index (χ1n) is 10.1. The van der Waals surface area contributed by atoms with Gasteiger partial charge in [0.05, 0.1) is 23.4 Å². The largest absolute Gasteiger partial charge is 0.504 e. The van der Waals surface area contributed by atoms with E-state index in [0.717, 1.165) is 12.1 Å². The molecular formula is C23H24N6O2. The average Bonchev–Trinajstić information content (AvgIpc) is 3.16. The van der Waals surface area contributed by atoms with Crippen molar-refractivity contribution in [2.45, 2.75) is 19.9 Å². The molecule has 8 heteroatoms. The van der Waals surface area contributed by atoms with Gasteiger partial charge in [-0.15, -0.1) is 0 Å². The summed E-state index contributed by atoms with van der Waals surface area (Å²) in [4.78, 5) is 21.3. The van der Waals surface area contributed by atoms with E-state index in [2.05, 4.69) is 35.0 Å². The maximum absolute atomic E-state index is 12.8. The normalized spacial score (nSPS) is 16.8. The van der Waals surface area contributed by atoms with Crippen LogP contribution in [0.2, 0.25) is 0 Å². The molecule has 1 atom stereocenters. The Morgan fingerprint density at radius 1 is 1.26 bits per heavy atom. The van der Waals surface area contributed by atoms with Crippen molar-refractivity contribution in [3.8, 4) is 28.9 Å². The zero-order valence-corrected chi connectivity index (χ0v) is 17.8. The molecule has 1 fully saturated rings. The third-order valence-corrected chi connectivity index (χ3v) is 5.80. The molecule has 3 heterocycles. The Bertz CT molecular complexity index is 1160. The maximum Gasteiger partial charge on any atom is 0.255 e. The van der Waals surface area contributed by atoms with Crippen molar-refractivity contribution in [1.29, 1.82) is 5.26 Å². The lowest BCUT2D eigenvalue weighted by atomic mass is 10.00. The average molecular weight is 416 g/mol. The molecule has 1 amide bonds. The van der Waals surface area contributed by atoms with Crippen molar-refractivity contribution in [3.05, 3.63) is 59.4 Å². The molecule has 0 unspecified atom stereocenters. The van der Waals surface area contributed by atoms with Gasteiger partial charge < -0.3 is 14.9 Å². The van der Waals surface area contributed by atoms with E-state index >= 15 is 0 Å². The summed E-state index contributed by atoms with van der Waals surface area (Å²) in [6.07, 6.45) is 2.99. The summed E-state index contributed by atoms with van der Waals surface area (Å²) in [7, 11) is 2.06. The van der Waals surface area contributed by atoms with E-state index in [1.165, 1.54) is 17.1 Å². The summed E-state index contributed by atoms with van der Waals surface area (Å²) in [5.74, 6) is 0.387. The third kappa shape index (κ3) is 3.88. The number of aryl methyl sites for hydroxylation is 1. The van der Waals surface area contributed by atoms with Gasteiger partial charge in [-0.3, -0.25) is 4.79 Å². The fraction of sp³-hybridized carbons (Fsp3) is 0.304. The summed E-state index contributed by atoms with van der Waals surface area (Å²) in [5.41, 5.74) is 2.72. The summed E-state index contributed by atoms with van der Waals surface area (Å²) in [5, 5.41) is 24.3. The standard InChI is InChI=1S/C23H24N6O2/c1-15-5-4-6-17(11-24)21(15)22-19(30)14-29(26-22)20-8-7-18(12-25-20)23(31)28-10-9-27(3)16(2)13-28/h4-8,12,14,16,30H,9-10,13H2,1-3H3/t16-/m1/s1. The number of rotatable bonds is 3. The van der Waals surface area contributed by atoms with E-state index in [0.29, 0.717) is 47.3 Å². The number of aromatic nitrogens is 3. The minimum absolute atomic E-state index is 0.0402. The quantitative estimate of drug-likeness (QED) is 0.705. The van der Waals surface area contributed by atoms with E-state index in [1.807, 2.05) is 17.9 Å². The number of pyridine rings is 1. The number of hydrogen-bond acceptors (Lipinski definition) is 6. The van der Waals surface area contributed by atoms with Crippen molar-refractivity contribution >= 4 is 5.91 Å². The Balaban J connectivity index is 1.59. The Kier molecular flexibility index (Phi) is 5.44. The maximum atomic E-state index is 12.8. The van der Waals surface area contributed by atoms with Crippen molar-refractivity contribution in [3.63, 3.8) is 0 Å². The zero-order valence-electron chi connectivity index (χ0n) is 17.8. The number of piperazine rings is 1. The Morgan fingerprint density at radius 2 is 2.06 bits per heavy atom. The monoisotopic (exact) mass is 416 g/mol. The molecule has 0 bridgehead atoms. The molecule has 0 radical (unpaired) electrons. The fourth-order valence-corrected chi connectivity index (χ4v) is 3.80. The lowest BCUT2D eigenvalue weighted by Gasteiger charge is -2.37. The number of benzene rings is 1. The third-order valence-electron chi connectivity index (χ3n) is 5.80. The number of nitriles is 1. The Labute approximate surface area is 181 Å². The Hall–Kier alpha value is -3.70. The van der Waals surface area contributed by atoms with Gasteiger partial charge in [-0.25, -0.2) is 9.67 Å². The number of hydrogen-bond donors (Lipinski definition) is 1. The number of likely N-dealkylation sites (N-methyl/N-ethyl adjacent to an activating group) is 1. The molecule has 4 rings (SSSR count). The molecule has 3 aromatic rings. The fourth-order valence-electron chi connectivity index (χ4n) is 3.80. The van der Waals surface area contributed by atoms with E-state index in [-0.39, 0.29) is 11.7 Å². The number of carbonyl (C=O) groups excluding carboxylic acids is 1. The highest BCUT2D eigenvalue weighted by atomic mass is 16.3. The minimum Gasteiger partial charge on any atom is -0.504 e. The van der Waals surface area contributed by atoms with Gasteiger partial charge >= 0.3 is 0 Å². The number of nitrogens with zero attached hydrogens (tertiary/aromatic N) is 6. The highest BCUT2D eigenvalue weighted by Crippen LogP contribution is 2.33. The second-order valence-electron chi connectivity index (χ2n) is 7.90. The van der Waals surface area contributed by atoms with Gasteiger partial charge in [0.15, 0.2) is 11.6 Å². The van der Waals surface area contributed by atoms with Gasteiger partial charge in [-0.2, -0.15) is 10.4 Å². The summed E-state index contributed by atoms with van der Waals surface area (Å²) in [6.45, 7) is 6.19. The van der Waals surface area contributed by atoms with Crippen LogP contribution in [0.4, 0.5) is 0 Å². The molecule has 2 aromatic heterocycles. The number of carbonyl (C=O) groups is 1. The van der Waals surface area contributed by atoms with Crippen LogP contribution in [-0.4, -0.2) is 68.3 Å². The predicted molar refractivity (Wildman–Crippen MR) is 116 cm³/mol. The highest BCUT2D eigenvalue weighted by molar-refractivity contribution is 5.94. The second-order valence-corrected chi connectivity index (χ2v) is 7.90. The van der Waals surface area contributed by atoms with E-state index < -0.39 is 0 Å². The number of aromatic hydroxyl groups is 1. The van der Waals surface area contributed by atoms with Gasteiger partial charge in [-0.05, 0) is 44.7 Å². The van der Waals surface area contributed by atoms with Crippen LogP contribution in [0.5, 0.6) is 5.75 Å². The van der Waals surface area contributed by atoms with E-state index in [9.17, 15) is 15.2 Å². The van der Waals surface area contributed by atoms with Crippen LogP contribution in [0.1, 0.15) is 28.4 Å².